The molecule has 1 saturated heterocycles. The highest BCUT2D eigenvalue weighted by molar-refractivity contribution is 5.30. The van der Waals surface area contributed by atoms with Gasteiger partial charge in [-0.05, 0) is 30.5 Å². The normalized spacial score (nSPS) is 24.2. The Bertz CT molecular complexity index is 361. The molecule has 2 unspecified atom stereocenters. The van der Waals surface area contributed by atoms with Gasteiger partial charge in [-0.3, -0.25) is 0 Å². The first-order chi connectivity index (χ1) is 8.66. The summed E-state index contributed by atoms with van der Waals surface area (Å²) in [5, 5.41) is 3.49. The number of benzene rings is 1. The van der Waals surface area contributed by atoms with E-state index in [0.717, 1.165) is 25.5 Å². The Balaban J connectivity index is 1.98. The van der Waals surface area contributed by atoms with Crippen LogP contribution in [0.15, 0.2) is 24.3 Å². The zero-order valence-electron chi connectivity index (χ0n) is 11.5. The van der Waals surface area contributed by atoms with Gasteiger partial charge in [-0.25, -0.2) is 0 Å². The van der Waals surface area contributed by atoms with E-state index in [2.05, 4.69) is 38.2 Å². The highest BCUT2D eigenvalue weighted by atomic mass is 16.5. The molecule has 18 heavy (non-hydrogen) atoms. The maximum Gasteiger partial charge on any atom is 0.119 e. The van der Waals surface area contributed by atoms with Crippen LogP contribution in [0.25, 0.3) is 0 Å². The summed E-state index contributed by atoms with van der Waals surface area (Å²) in [4.78, 5) is 0. The third kappa shape index (κ3) is 3.47. The summed E-state index contributed by atoms with van der Waals surface area (Å²) in [6, 6.07) is 8.62. The van der Waals surface area contributed by atoms with Gasteiger partial charge in [0, 0.05) is 6.54 Å². The molecule has 0 bridgehead atoms. The summed E-state index contributed by atoms with van der Waals surface area (Å²) >= 11 is 0. The van der Waals surface area contributed by atoms with Crippen molar-refractivity contribution < 1.29 is 9.47 Å². The molecule has 1 aliphatic heterocycles. The molecule has 0 aromatic heterocycles. The minimum atomic E-state index is 0.223. The molecule has 3 heteroatoms. The Morgan fingerprint density at radius 2 is 2.06 bits per heavy atom. The third-order valence-corrected chi connectivity index (χ3v) is 3.14. The van der Waals surface area contributed by atoms with Gasteiger partial charge < -0.3 is 14.8 Å². The van der Waals surface area contributed by atoms with Gasteiger partial charge in [-0.2, -0.15) is 0 Å². The summed E-state index contributed by atoms with van der Waals surface area (Å²) in [5.41, 5.74) is 1.26. The minimum absolute atomic E-state index is 0.223. The summed E-state index contributed by atoms with van der Waals surface area (Å²) in [6.45, 7) is 8.90. The number of nitrogens with one attached hydrogen (secondary N) is 1. The van der Waals surface area contributed by atoms with Crippen LogP contribution in [0, 0.1) is 5.92 Å². The Hall–Kier alpha value is -1.06. The Morgan fingerprint density at radius 1 is 1.33 bits per heavy atom. The van der Waals surface area contributed by atoms with E-state index in [1.54, 1.807) is 0 Å². The summed E-state index contributed by atoms with van der Waals surface area (Å²) in [7, 11) is 0. The lowest BCUT2D eigenvalue weighted by molar-refractivity contribution is 0.00754. The summed E-state index contributed by atoms with van der Waals surface area (Å²) in [6.07, 6.45) is 0.223. The molecule has 1 N–H and O–H groups in total. The van der Waals surface area contributed by atoms with Crippen molar-refractivity contribution in [2.45, 2.75) is 32.9 Å². The third-order valence-electron chi connectivity index (χ3n) is 3.14. The number of hydrogen-bond donors (Lipinski definition) is 1. The molecule has 0 aliphatic carbocycles. The molecule has 0 radical (unpaired) electrons. The van der Waals surface area contributed by atoms with Gasteiger partial charge >= 0.3 is 0 Å². The highest BCUT2D eigenvalue weighted by Crippen LogP contribution is 2.24. The quantitative estimate of drug-likeness (QED) is 0.890. The van der Waals surface area contributed by atoms with Gasteiger partial charge in [0.2, 0.25) is 0 Å². The maximum atomic E-state index is 5.68. The lowest BCUT2D eigenvalue weighted by Crippen LogP contribution is -2.40. The van der Waals surface area contributed by atoms with Crippen molar-refractivity contribution in [1.82, 2.24) is 5.32 Å². The van der Waals surface area contributed by atoms with Crippen LogP contribution < -0.4 is 10.1 Å². The molecule has 0 spiro atoms. The van der Waals surface area contributed by atoms with E-state index in [1.165, 1.54) is 5.56 Å². The standard InChI is InChI=1S/C15H23NO2/c1-11(2)10-18-14-6-4-13(5-7-14)15-12(3)17-9-8-16-15/h4-7,11-12,15-16H,8-10H2,1-3H3. The topological polar surface area (TPSA) is 30.5 Å². The van der Waals surface area contributed by atoms with Crippen LogP contribution in [0.2, 0.25) is 0 Å². The molecule has 0 amide bonds. The first-order valence-corrected chi connectivity index (χ1v) is 6.74. The molecule has 0 saturated carbocycles. The average molecular weight is 249 g/mol. The van der Waals surface area contributed by atoms with Crippen LogP contribution in [-0.2, 0) is 4.74 Å². The van der Waals surface area contributed by atoms with Crippen molar-refractivity contribution in [3.8, 4) is 5.75 Å². The zero-order valence-corrected chi connectivity index (χ0v) is 11.5. The fourth-order valence-electron chi connectivity index (χ4n) is 2.14. The fourth-order valence-corrected chi connectivity index (χ4v) is 2.14. The Kier molecular flexibility index (Phi) is 4.61. The predicted octanol–water partition coefficient (Wildman–Crippen LogP) is 2.77. The molecular weight excluding hydrogens is 226 g/mol. The van der Waals surface area contributed by atoms with Crippen molar-refractivity contribution in [1.29, 1.82) is 0 Å². The Labute approximate surface area is 109 Å². The first-order valence-electron chi connectivity index (χ1n) is 6.74. The van der Waals surface area contributed by atoms with Gasteiger partial charge in [0.05, 0.1) is 25.4 Å². The van der Waals surface area contributed by atoms with Gasteiger partial charge in [0.25, 0.3) is 0 Å². The molecule has 1 heterocycles. The van der Waals surface area contributed by atoms with E-state index in [4.69, 9.17) is 9.47 Å². The van der Waals surface area contributed by atoms with Crippen molar-refractivity contribution in [3.05, 3.63) is 29.8 Å². The van der Waals surface area contributed by atoms with Crippen LogP contribution in [-0.4, -0.2) is 25.9 Å². The second-order valence-electron chi connectivity index (χ2n) is 5.28. The number of rotatable bonds is 4. The van der Waals surface area contributed by atoms with E-state index in [-0.39, 0.29) is 12.1 Å². The van der Waals surface area contributed by atoms with E-state index >= 15 is 0 Å². The lowest BCUT2D eigenvalue weighted by atomic mass is 10.0. The van der Waals surface area contributed by atoms with E-state index in [9.17, 15) is 0 Å². The molecule has 1 aliphatic rings. The Morgan fingerprint density at radius 3 is 2.67 bits per heavy atom. The predicted molar refractivity (Wildman–Crippen MR) is 72.9 cm³/mol. The number of morpholine rings is 1. The minimum Gasteiger partial charge on any atom is -0.493 e. The maximum absolute atomic E-state index is 5.68. The second kappa shape index (κ2) is 6.21. The highest BCUT2D eigenvalue weighted by Gasteiger charge is 2.22. The molecule has 2 rings (SSSR count). The second-order valence-corrected chi connectivity index (χ2v) is 5.28. The summed E-state index contributed by atoms with van der Waals surface area (Å²) < 4.78 is 11.3. The molecule has 100 valence electrons. The van der Waals surface area contributed by atoms with Crippen LogP contribution in [0.4, 0.5) is 0 Å². The monoisotopic (exact) mass is 249 g/mol. The van der Waals surface area contributed by atoms with E-state index < -0.39 is 0 Å². The van der Waals surface area contributed by atoms with Crippen LogP contribution in [0.5, 0.6) is 5.75 Å². The van der Waals surface area contributed by atoms with Crippen LogP contribution in [0.1, 0.15) is 32.4 Å². The lowest BCUT2D eigenvalue weighted by Gasteiger charge is -2.30. The van der Waals surface area contributed by atoms with Crippen molar-refractivity contribution >= 4 is 0 Å². The van der Waals surface area contributed by atoms with Crippen molar-refractivity contribution in [2.75, 3.05) is 19.8 Å². The molecule has 1 aromatic carbocycles. The molecule has 1 aromatic rings. The molecule has 2 atom stereocenters. The summed E-state index contributed by atoms with van der Waals surface area (Å²) in [5.74, 6) is 1.50. The van der Waals surface area contributed by atoms with Crippen molar-refractivity contribution in [2.24, 2.45) is 5.92 Å². The van der Waals surface area contributed by atoms with Crippen LogP contribution in [0.3, 0.4) is 0 Å². The molecular formula is C15H23NO2. The van der Waals surface area contributed by atoms with Gasteiger partial charge in [-0.15, -0.1) is 0 Å². The molecule has 1 fully saturated rings. The SMILES string of the molecule is CC(C)COc1ccc(C2NCCOC2C)cc1. The first kappa shape index (κ1) is 13.4. The van der Waals surface area contributed by atoms with Gasteiger partial charge in [0.15, 0.2) is 0 Å². The largest absolute Gasteiger partial charge is 0.493 e. The van der Waals surface area contributed by atoms with Crippen molar-refractivity contribution in [3.63, 3.8) is 0 Å². The average Bonchev–Trinajstić information content (AvgIpc) is 2.38. The van der Waals surface area contributed by atoms with Gasteiger partial charge in [0.1, 0.15) is 5.75 Å². The fraction of sp³-hybridized carbons (Fsp3) is 0.600. The number of ether oxygens (including phenoxy) is 2. The van der Waals surface area contributed by atoms with Gasteiger partial charge in [-0.1, -0.05) is 26.0 Å². The molecule has 3 nitrogen and oxygen atoms in total. The van der Waals surface area contributed by atoms with E-state index in [0.29, 0.717) is 5.92 Å². The van der Waals surface area contributed by atoms with E-state index in [1.807, 2.05) is 12.1 Å². The smallest absolute Gasteiger partial charge is 0.119 e. The number of hydrogen-bond acceptors (Lipinski definition) is 3. The van der Waals surface area contributed by atoms with Crippen LogP contribution >= 0.6 is 0 Å². The zero-order chi connectivity index (χ0) is 13.0.